The van der Waals surface area contributed by atoms with Crippen LogP contribution in [0.15, 0.2) is 64.5 Å². The standard InChI is InChI=1S/C22H22N2O3S/c1-15(2)14-24-21(26)20(28-22(24)23-18-7-5-4-6-8-18)13-17-9-11-19(12-10-17)27-16(3)25/h4-13,15H,14H2,1-3H3/b20-13+,23-22?. The lowest BCUT2D eigenvalue weighted by Gasteiger charge is -2.17. The second kappa shape index (κ2) is 8.89. The Kier molecular flexibility index (Phi) is 6.31. The minimum atomic E-state index is -0.362. The van der Waals surface area contributed by atoms with Crippen LogP contribution in [0.1, 0.15) is 26.3 Å². The summed E-state index contributed by atoms with van der Waals surface area (Å²) in [7, 11) is 0. The zero-order valence-electron chi connectivity index (χ0n) is 16.1. The van der Waals surface area contributed by atoms with Crippen LogP contribution in [-0.4, -0.2) is 28.5 Å². The van der Waals surface area contributed by atoms with Crippen molar-refractivity contribution in [2.45, 2.75) is 20.8 Å². The molecule has 0 aliphatic carbocycles. The van der Waals surface area contributed by atoms with Gasteiger partial charge in [0.1, 0.15) is 5.75 Å². The third kappa shape index (κ3) is 5.10. The molecule has 0 spiro atoms. The highest BCUT2D eigenvalue weighted by Gasteiger charge is 2.33. The predicted octanol–water partition coefficient (Wildman–Crippen LogP) is 4.87. The number of rotatable bonds is 5. The van der Waals surface area contributed by atoms with Crippen molar-refractivity contribution >= 4 is 40.6 Å². The van der Waals surface area contributed by atoms with E-state index in [0.717, 1.165) is 11.3 Å². The van der Waals surface area contributed by atoms with Crippen LogP contribution >= 0.6 is 11.8 Å². The maximum absolute atomic E-state index is 12.9. The molecule has 144 valence electrons. The molecule has 28 heavy (non-hydrogen) atoms. The molecule has 1 saturated heterocycles. The minimum Gasteiger partial charge on any atom is -0.427 e. The van der Waals surface area contributed by atoms with Crippen molar-refractivity contribution in [3.8, 4) is 5.75 Å². The van der Waals surface area contributed by atoms with E-state index in [2.05, 4.69) is 18.8 Å². The summed E-state index contributed by atoms with van der Waals surface area (Å²) in [5.74, 6) is 0.400. The molecule has 3 rings (SSSR count). The fraction of sp³-hybridized carbons (Fsp3) is 0.227. The summed E-state index contributed by atoms with van der Waals surface area (Å²) < 4.78 is 5.05. The Morgan fingerprint density at radius 2 is 1.82 bits per heavy atom. The Morgan fingerprint density at radius 3 is 2.43 bits per heavy atom. The van der Waals surface area contributed by atoms with Crippen LogP contribution in [0.25, 0.3) is 6.08 Å². The number of nitrogens with zero attached hydrogens (tertiary/aromatic N) is 2. The summed E-state index contributed by atoms with van der Waals surface area (Å²) in [6.45, 7) is 6.13. The van der Waals surface area contributed by atoms with Gasteiger partial charge in [-0.05, 0) is 53.6 Å². The topological polar surface area (TPSA) is 59.0 Å². The maximum Gasteiger partial charge on any atom is 0.308 e. The number of benzene rings is 2. The van der Waals surface area contributed by atoms with Gasteiger partial charge in [-0.2, -0.15) is 0 Å². The Hall–Kier alpha value is -2.86. The first-order valence-electron chi connectivity index (χ1n) is 9.06. The molecule has 0 unspecified atom stereocenters. The van der Waals surface area contributed by atoms with E-state index in [0.29, 0.717) is 28.3 Å². The number of aliphatic imine (C=N–C) groups is 1. The van der Waals surface area contributed by atoms with Gasteiger partial charge in [0.15, 0.2) is 5.17 Å². The first-order valence-corrected chi connectivity index (χ1v) is 9.87. The van der Waals surface area contributed by atoms with Crippen molar-refractivity contribution in [3.05, 3.63) is 65.1 Å². The van der Waals surface area contributed by atoms with E-state index in [4.69, 9.17) is 4.74 Å². The van der Waals surface area contributed by atoms with Crippen LogP contribution < -0.4 is 4.74 Å². The molecule has 0 aromatic heterocycles. The molecule has 0 atom stereocenters. The third-order valence-electron chi connectivity index (χ3n) is 3.86. The molecule has 0 N–H and O–H groups in total. The van der Waals surface area contributed by atoms with Gasteiger partial charge in [-0.3, -0.25) is 14.5 Å². The van der Waals surface area contributed by atoms with E-state index in [1.807, 2.05) is 48.5 Å². The van der Waals surface area contributed by atoms with Crippen LogP contribution in [-0.2, 0) is 9.59 Å². The largest absolute Gasteiger partial charge is 0.427 e. The van der Waals surface area contributed by atoms with Gasteiger partial charge in [0.25, 0.3) is 5.91 Å². The Bertz CT molecular complexity index is 919. The molecule has 0 saturated carbocycles. The van der Waals surface area contributed by atoms with Crippen LogP contribution in [0, 0.1) is 5.92 Å². The zero-order valence-corrected chi connectivity index (χ0v) is 16.9. The Morgan fingerprint density at radius 1 is 1.14 bits per heavy atom. The van der Waals surface area contributed by atoms with Gasteiger partial charge in [-0.15, -0.1) is 0 Å². The fourth-order valence-corrected chi connectivity index (χ4v) is 3.69. The smallest absolute Gasteiger partial charge is 0.308 e. The van der Waals surface area contributed by atoms with Gasteiger partial charge in [-0.1, -0.05) is 44.2 Å². The van der Waals surface area contributed by atoms with Crippen molar-refractivity contribution in [3.63, 3.8) is 0 Å². The fourth-order valence-electron chi connectivity index (χ4n) is 2.68. The lowest BCUT2D eigenvalue weighted by Crippen LogP contribution is -2.32. The van der Waals surface area contributed by atoms with Crippen molar-refractivity contribution in [2.24, 2.45) is 10.9 Å². The molecule has 2 aromatic rings. The molecular weight excluding hydrogens is 372 g/mol. The van der Waals surface area contributed by atoms with Gasteiger partial charge in [0.2, 0.25) is 0 Å². The lowest BCUT2D eigenvalue weighted by molar-refractivity contribution is -0.131. The molecule has 0 radical (unpaired) electrons. The molecular formula is C22H22N2O3S. The summed E-state index contributed by atoms with van der Waals surface area (Å²) in [5, 5.41) is 0.688. The summed E-state index contributed by atoms with van der Waals surface area (Å²) in [6.07, 6.45) is 1.84. The van der Waals surface area contributed by atoms with Crippen molar-refractivity contribution in [2.75, 3.05) is 6.54 Å². The molecule has 2 aromatic carbocycles. The highest BCUT2D eigenvalue weighted by molar-refractivity contribution is 8.18. The van der Waals surface area contributed by atoms with Gasteiger partial charge < -0.3 is 4.74 Å². The summed E-state index contributed by atoms with van der Waals surface area (Å²) in [6, 6.07) is 16.7. The van der Waals surface area contributed by atoms with Gasteiger partial charge in [0.05, 0.1) is 10.6 Å². The minimum absolute atomic E-state index is 0.0440. The van der Waals surface area contributed by atoms with Gasteiger partial charge in [0, 0.05) is 13.5 Å². The SMILES string of the molecule is CC(=O)Oc1ccc(/C=C2/SC(=Nc3ccccc3)N(CC(C)C)C2=O)cc1. The zero-order chi connectivity index (χ0) is 20.1. The highest BCUT2D eigenvalue weighted by Crippen LogP contribution is 2.34. The molecule has 1 amide bonds. The van der Waals surface area contributed by atoms with Crippen molar-refractivity contribution in [1.82, 2.24) is 4.90 Å². The van der Waals surface area contributed by atoms with Crippen LogP contribution in [0.2, 0.25) is 0 Å². The maximum atomic E-state index is 12.9. The number of amides is 1. The van der Waals surface area contributed by atoms with Crippen molar-refractivity contribution < 1.29 is 14.3 Å². The number of esters is 1. The van der Waals surface area contributed by atoms with E-state index in [1.54, 1.807) is 17.0 Å². The first-order chi connectivity index (χ1) is 13.4. The van der Waals surface area contributed by atoms with E-state index in [9.17, 15) is 9.59 Å². The normalized spacial score (nSPS) is 17.0. The summed E-state index contributed by atoms with van der Waals surface area (Å²) >= 11 is 1.38. The number of hydrogen-bond acceptors (Lipinski definition) is 5. The Labute approximate surface area is 169 Å². The van der Waals surface area contributed by atoms with E-state index < -0.39 is 0 Å². The number of carbonyl (C=O) groups is 2. The van der Waals surface area contributed by atoms with Gasteiger partial charge >= 0.3 is 5.97 Å². The van der Waals surface area contributed by atoms with E-state index >= 15 is 0 Å². The highest BCUT2D eigenvalue weighted by atomic mass is 32.2. The van der Waals surface area contributed by atoms with Crippen LogP contribution in [0.3, 0.4) is 0 Å². The summed E-state index contributed by atoms with van der Waals surface area (Å²) in [5.41, 5.74) is 1.68. The van der Waals surface area contributed by atoms with Crippen molar-refractivity contribution in [1.29, 1.82) is 0 Å². The molecule has 1 fully saturated rings. The Balaban J connectivity index is 1.87. The molecule has 1 heterocycles. The number of amidine groups is 1. The quantitative estimate of drug-likeness (QED) is 0.412. The van der Waals surface area contributed by atoms with Crippen LogP contribution in [0.4, 0.5) is 5.69 Å². The molecule has 6 heteroatoms. The number of thioether (sulfide) groups is 1. The lowest BCUT2D eigenvalue weighted by atomic mass is 10.2. The van der Waals surface area contributed by atoms with Gasteiger partial charge in [-0.25, -0.2) is 4.99 Å². The average molecular weight is 394 g/mol. The monoisotopic (exact) mass is 394 g/mol. The second-order valence-corrected chi connectivity index (χ2v) is 7.82. The number of hydrogen-bond donors (Lipinski definition) is 0. The number of carbonyl (C=O) groups excluding carboxylic acids is 2. The van der Waals surface area contributed by atoms with Crippen LogP contribution in [0.5, 0.6) is 5.75 Å². The third-order valence-corrected chi connectivity index (χ3v) is 4.86. The average Bonchev–Trinajstić information content (AvgIpc) is 2.92. The van der Waals surface area contributed by atoms with E-state index in [1.165, 1.54) is 18.7 Å². The number of ether oxygens (including phenoxy) is 1. The molecule has 1 aliphatic heterocycles. The second-order valence-electron chi connectivity index (χ2n) is 6.81. The first kappa shape index (κ1) is 19.9. The molecule has 1 aliphatic rings. The van der Waals surface area contributed by atoms with E-state index in [-0.39, 0.29) is 11.9 Å². The predicted molar refractivity (Wildman–Crippen MR) is 113 cm³/mol. The summed E-state index contributed by atoms with van der Waals surface area (Å²) in [4.78, 5) is 31.0. The number of para-hydroxylation sites is 1. The molecule has 0 bridgehead atoms. The molecule has 5 nitrogen and oxygen atoms in total.